The maximum atomic E-state index is 5.92. The Morgan fingerprint density at radius 3 is 2.71 bits per heavy atom. The second-order valence-electron chi connectivity index (χ2n) is 7.43. The average Bonchev–Trinajstić information content (AvgIpc) is 2.65. The largest absolute Gasteiger partial charge is 0.493 e. The van der Waals surface area contributed by atoms with Crippen LogP contribution in [0.25, 0.3) is 0 Å². The van der Waals surface area contributed by atoms with E-state index in [1.54, 1.807) is 0 Å². The van der Waals surface area contributed by atoms with Gasteiger partial charge in [0.1, 0.15) is 5.75 Å². The lowest BCUT2D eigenvalue weighted by molar-refractivity contribution is 0.116. The first-order valence-corrected chi connectivity index (χ1v) is 10.2. The highest BCUT2D eigenvalue weighted by atomic mass is 127. The molecule has 2 rings (SSSR count). The van der Waals surface area contributed by atoms with Crippen LogP contribution in [0.4, 0.5) is 0 Å². The van der Waals surface area contributed by atoms with Gasteiger partial charge in [-0.05, 0) is 46.0 Å². The molecule has 0 radical (unpaired) electrons. The van der Waals surface area contributed by atoms with Crippen molar-refractivity contribution in [2.24, 2.45) is 4.99 Å². The topological polar surface area (TPSA) is 52.1 Å². The fourth-order valence-electron chi connectivity index (χ4n) is 3.18. The molecule has 1 fully saturated rings. The number of nitrogens with one attached hydrogen (secondary N) is 2. The van der Waals surface area contributed by atoms with Gasteiger partial charge in [0.2, 0.25) is 0 Å². The van der Waals surface area contributed by atoms with Crippen molar-refractivity contribution in [3.05, 3.63) is 29.3 Å². The summed E-state index contributed by atoms with van der Waals surface area (Å²) in [5.41, 5.74) is 2.34. The molecule has 0 aromatic heterocycles. The molecule has 28 heavy (non-hydrogen) atoms. The summed E-state index contributed by atoms with van der Waals surface area (Å²) < 4.78 is 5.92. The molecule has 0 spiro atoms. The Morgan fingerprint density at radius 1 is 1.21 bits per heavy atom. The summed E-state index contributed by atoms with van der Waals surface area (Å²) in [6.45, 7) is 12.7. The third-order valence-corrected chi connectivity index (χ3v) is 4.92. The monoisotopic (exact) mass is 503 g/mol. The summed E-state index contributed by atoms with van der Waals surface area (Å²) >= 11 is 0. The predicted molar refractivity (Wildman–Crippen MR) is 129 cm³/mol. The molecule has 2 N–H and O–H groups in total. The lowest BCUT2D eigenvalue weighted by atomic mass is 10.1. The third kappa shape index (κ3) is 8.13. The van der Waals surface area contributed by atoms with Gasteiger partial charge in [-0.3, -0.25) is 4.90 Å². The van der Waals surface area contributed by atoms with Gasteiger partial charge < -0.3 is 20.3 Å². The van der Waals surface area contributed by atoms with Gasteiger partial charge >= 0.3 is 0 Å². The van der Waals surface area contributed by atoms with E-state index in [-0.39, 0.29) is 24.0 Å². The number of likely N-dealkylation sites (N-methyl/N-ethyl adjacent to an activating group) is 2. The average molecular weight is 503 g/mol. The summed E-state index contributed by atoms with van der Waals surface area (Å²) in [5.74, 6) is 1.81. The fourth-order valence-corrected chi connectivity index (χ4v) is 3.18. The van der Waals surface area contributed by atoms with E-state index in [0.717, 1.165) is 63.0 Å². The third-order valence-electron chi connectivity index (χ3n) is 4.92. The lowest BCUT2D eigenvalue weighted by Crippen LogP contribution is -2.55. The van der Waals surface area contributed by atoms with E-state index < -0.39 is 0 Å². The smallest absolute Gasteiger partial charge is 0.191 e. The predicted octanol–water partition coefficient (Wildman–Crippen LogP) is 2.70. The van der Waals surface area contributed by atoms with Crippen LogP contribution in [-0.2, 0) is 6.54 Å². The number of hydrogen-bond acceptors (Lipinski definition) is 4. The molecule has 1 aromatic rings. The number of halogens is 1. The first-order valence-electron chi connectivity index (χ1n) is 10.2. The Kier molecular flexibility index (Phi) is 11.8. The molecule has 0 bridgehead atoms. The van der Waals surface area contributed by atoms with Crippen molar-refractivity contribution in [2.75, 3.05) is 53.4 Å². The summed E-state index contributed by atoms with van der Waals surface area (Å²) in [6, 6.07) is 6.84. The van der Waals surface area contributed by atoms with Crippen LogP contribution in [-0.4, -0.2) is 75.2 Å². The van der Waals surface area contributed by atoms with Gasteiger partial charge in [0.05, 0.1) is 13.2 Å². The number of benzene rings is 1. The van der Waals surface area contributed by atoms with Crippen LogP contribution in [0.3, 0.4) is 0 Å². The first kappa shape index (κ1) is 25.0. The van der Waals surface area contributed by atoms with Gasteiger partial charge in [0.15, 0.2) is 5.96 Å². The number of rotatable bonds is 8. The molecule has 0 aliphatic carbocycles. The molecule has 160 valence electrons. The number of guanidine groups is 1. The first-order chi connectivity index (χ1) is 13.0. The summed E-state index contributed by atoms with van der Waals surface area (Å²) in [4.78, 5) is 9.61. The van der Waals surface area contributed by atoms with E-state index >= 15 is 0 Å². The van der Waals surface area contributed by atoms with Crippen molar-refractivity contribution >= 4 is 29.9 Å². The van der Waals surface area contributed by atoms with Gasteiger partial charge in [-0.2, -0.15) is 0 Å². The van der Waals surface area contributed by atoms with E-state index in [0.29, 0.717) is 12.6 Å². The molecule has 6 nitrogen and oxygen atoms in total. The molecule has 1 unspecified atom stereocenters. The highest BCUT2D eigenvalue weighted by Gasteiger charge is 2.22. The Morgan fingerprint density at radius 2 is 2.00 bits per heavy atom. The van der Waals surface area contributed by atoms with Crippen LogP contribution in [0.1, 0.15) is 31.4 Å². The maximum Gasteiger partial charge on any atom is 0.191 e. The molecule has 1 atom stereocenters. The summed E-state index contributed by atoms with van der Waals surface area (Å²) in [5, 5.41) is 6.87. The molecule has 1 saturated heterocycles. The Hall–Kier alpha value is -1.06. The molecule has 1 aromatic carbocycles. The van der Waals surface area contributed by atoms with Crippen molar-refractivity contribution < 1.29 is 4.74 Å². The zero-order valence-corrected chi connectivity index (χ0v) is 20.5. The van der Waals surface area contributed by atoms with E-state index in [4.69, 9.17) is 9.73 Å². The molecule has 1 aliphatic heterocycles. The van der Waals surface area contributed by atoms with Crippen LogP contribution in [0.15, 0.2) is 23.2 Å². The molecule has 0 saturated carbocycles. The minimum Gasteiger partial charge on any atom is -0.493 e. The van der Waals surface area contributed by atoms with Crippen molar-refractivity contribution in [1.29, 1.82) is 0 Å². The van der Waals surface area contributed by atoms with Gasteiger partial charge in [-0.1, -0.05) is 19.1 Å². The van der Waals surface area contributed by atoms with Crippen LogP contribution in [0.2, 0.25) is 0 Å². The second-order valence-corrected chi connectivity index (χ2v) is 7.43. The van der Waals surface area contributed by atoms with Gasteiger partial charge in [-0.15, -0.1) is 24.0 Å². The fraction of sp³-hybridized carbons (Fsp3) is 0.667. The summed E-state index contributed by atoms with van der Waals surface area (Å²) in [6.07, 6.45) is 1.00. The van der Waals surface area contributed by atoms with Crippen LogP contribution in [0, 0.1) is 6.92 Å². The number of nitrogens with zero attached hydrogens (tertiary/aromatic N) is 3. The van der Waals surface area contributed by atoms with Gasteiger partial charge in [-0.25, -0.2) is 4.99 Å². The lowest BCUT2D eigenvalue weighted by Gasteiger charge is -2.37. The number of aryl methyl sites for hydroxylation is 1. The number of piperazine rings is 1. The molecule has 1 aliphatic rings. The van der Waals surface area contributed by atoms with Crippen LogP contribution >= 0.6 is 24.0 Å². The Labute approximate surface area is 188 Å². The number of hydrogen-bond donors (Lipinski definition) is 2. The molecular weight excluding hydrogens is 465 g/mol. The Balaban J connectivity index is 0.00000392. The van der Waals surface area contributed by atoms with Crippen LogP contribution < -0.4 is 15.4 Å². The van der Waals surface area contributed by atoms with E-state index in [9.17, 15) is 0 Å². The quantitative estimate of drug-likeness (QED) is 0.325. The van der Waals surface area contributed by atoms with Crippen molar-refractivity contribution in [2.45, 2.75) is 39.8 Å². The SMILES string of the molecule is CCCOc1cc(C)ccc1CN=C(NCC)NCC1CN(C)CCN1C.I. The van der Waals surface area contributed by atoms with Gasteiger partial charge in [0, 0.05) is 44.3 Å². The minimum atomic E-state index is 0. The highest BCUT2D eigenvalue weighted by molar-refractivity contribution is 14.0. The van der Waals surface area contributed by atoms with E-state index in [1.807, 2.05) is 0 Å². The van der Waals surface area contributed by atoms with Crippen molar-refractivity contribution in [1.82, 2.24) is 20.4 Å². The second kappa shape index (κ2) is 13.2. The number of aliphatic imine (C=N–C) groups is 1. The maximum absolute atomic E-state index is 5.92. The van der Waals surface area contributed by atoms with E-state index in [2.05, 4.69) is 73.5 Å². The van der Waals surface area contributed by atoms with Crippen molar-refractivity contribution in [3.63, 3.8) is 0 Å². The molecular formula is C21H38IN5O. The standard InChI is InChI=1S/C21H37N5O.HI/c1-6-12-27-20-13-17(3)8-9-18(20)14-23-21(22-7-2)24-15-19-16-25(4)10-11-26(19)5;/h8-9,13,19H,6-7,10-12,14-16H2,1-5H3,(H2,22,23,24);1H. The number of ether oxygens (including phenoxy) is 1. The molecule has 0 amide bonds. The Bertz CT molecular complexity index is 610. The zero-order chi connectivity index (χ0) is 19.6. The van der Waals surface area contributed by atoms with Crippen molar-refractivity contribution in [3.8, 4) is 5.75 Å². The highest BCUT2D eigenvalue weighted by Crippen LogP contribution is 2.21. The normalized spacial score (nSPS) is 18.5. The molecule has 7 heteroatoms. The molecule has 1 heterocycles. The minimum absolute atomic E-state index is 0. The van der Waals surface area contributed by atoms with Crippen LogP contribution in [0.5, 0.6) is 5.75 Å². The van der Waals surface area contributed by atoms with Gasteiger partial charge in [0.25, 0.3) is 0 Å². The summed E-state index contributed by atoms with van der Waals surface area (Å²) in [7, 11) is 4.39. The van der Waals surface area contributed by atoms with E-state index in [1.165, 1.54) is 5.56 Å². The zero-order valence-electron chi connectivity index (χ0n) is 18.1.